The number of rotatable bonds is 5. The van der Waals surface area contributed by atoms with Gasteiger partial charge in [0.1, 0.15) is 16.5 Å². The number of thiazole rings is 1. The van der Waals surface area contributed by atoms with Crippen LogP contribution in [0.4, 0.5) is 0 Å². The van der Waals surface area contributed by atoms with Crippen LogP contribution in [0.1, 0.15) is 50.3 Å². The number of likely N-dealkylation sites (tertiary alicyclic amines) is 1. The van der Waals surface area contributed by atoms with E-state index >= 15 is 0 Å². The summed E-state index contributed by atoms with van der Waals surface area (Å²) in [7, 11) is 0. The lowest BCUT2D eigenvalue weighted by molar-refractivity contribution is -0.132. The molecule has 2 aliphatic heterocycles. The molecule has 4 rings (SSSR count). The van der Waals surface area contributed by atoms with E-state index in [1.165, 1.54) is 17.4 Å². The number of amides is 1. The molecule has 144 valence electrons. The molecule has 0 saturated carbocycles. The van der Waals surface area contributed by atoms with Crippen LogP contribution in [0.2, 0.25) is 0 Å². The number of aromatic nitrogens is 3. The number of hydrogen-bond acceptors (Lipinski definition) is 6. The van der Waals surface area contributed by atoms with Gasteiger partial charge < -0.3 is 14.6 Å². The summed E-state index contributed by atoms with van der Waals surface area (Å²) in [4.78, 5) is 38.2. The molecule has 8 heteroatoms. The summed E-state index contributed by atoms with van der Waals surface area (Å²) in [6, 6.07) is 1.49. The van der Waals surface area contributed by atoms with Crippen molar-refractivity contribution < 1.29 is 9.53 Å². The molecule has 0 aliphatic carbocycles. The molecule has 27 heavy (non-hydrogen) atoms. The molecule has 1 atom stereocenters. The predicted molar refractivity (Wildman–Crippen MR) is 103 cm³/mol. The first-order chi connectivity index (χ1) is 13.2. The van der Waals surface area contributed by atoms with Crippen molar-refractivity contribution in [2.45, 2.75) is 50.5 Å². The van der Waals surface area contributed by atoms with Crippen molar-refractivity contribution in [2.24, 2.45) is 0 Å². The zero-order valence-electron chi connectivity index (χ0n) is 15.2. The molecule has 2 aliphatic rings. The SMILES string of the molecule is O=C(CC[C@H]1CCCO1)N1CCC(c2nc(-c3nccs3)cc(=O)[nH]2)CC1. The van der Waals surface area contributed by atoms with Gasteiger partial charge in [0.15, 0.2) is 0 Å². The van der Waals surface area contributed by atoms with E-state index in [9.17, 15) is 9.59 Å². The minimum atomic E-state index is -0.153. The molecule has 0 spiro atoms. The monoisotopic (exact) mass is 388 g/mol. The average Bonchev–Trinajstić information content (AvgIpc) is 3.39. The van der Waals surface area contributed by atoms with Crippen molar-refractivity contribution in [2.75, 3.05) is 19.7 Å². The summed E-state index contributed by atoms with van der Waals surface area (Å²) in [6.07, 6.45) is 7.16. The van der Waals surface area contributed by atoms with Crippen LogP contribution in [0.15, 0.2) is 22.4 Å². The summed E-state index contributed by atoms with van der Waals surface area (Å²) in [6.45, 7) is 2.25. The Morgan fingerprint density at radius 3 is 2.89 bits per heavy atom. The summed E-state index contributed by atoms with van der Waals surface area (Å²) in [5.74, 6) is 1.08. The van der Waals surface area contributed by atoms with Gasteiger partial charge in [0.2, 0.25) is 5.91 Å². The number of piperidine rings is 1. The molecule has 0 radical (unpaired) electrons. The Hall–Kier alpha value is -2.06. The number of H-pyrrole nitrogens is 1. The molecular weight excluding hydrogens is 364 g/mol. The predicted octanol–water partition coefficient (Wildman–Crippen LogP) is 2.56. The van der Waals surface area contributed by atoms with Crippen LogP contribution >= 0.6 is 11.3 Å². The van der Waals surface area contributed by atoms with Gasteiger partial charge in [0, 0.05) is 49.7 Å². The first kappa shape index (κ1) is 18.3. The van der Waals surface area contributed by atoms with Gasteiger partial charge >= 0.3 is 0 Å². The molecule has 2 saturated heterocycles. The highest BCUT2D eigenvalue weighted by Crippen LogP contribution is 2.27. The fourth-order valence-corrected chi connectivity index (χ4v) is 4.44. The van der Waals surface area contributed by atoms with Gasteiger partial charge in [-0.2, -0.15) is 0 Å². The maximum atomic E-state index is 12.5. The summed E-state index contributed by atoms with van der Waals surface area (Å²) in [5.41, 5.74) is 0.471. The molecular formula is C19H24N4O3S. The van der Waals surface area contributed by atoms with E-state index in [-0.39, 0.29) is 23.5 Å². The Bertz CT molecular complexity index is 822. The Kier molecular flexibility index (Phi) is 5.63. The zero-order valence-corrected chi connectivity index (χ0v) is 16.0. The first-order valence-corrected chi connectivity index (χ1v) is 10.5. The number of nitrogens with zero attached hydrogens (tertiary/aromatic N) is 3. The number of nitrogens with one attached hydrogen (secondary N) is 1. The fraction of sp³-hybridized carbons (Fsp3) is 0.579. The van der Waals surface area contributed by atoms with E-state index in [1.54, 1.807) is 6.20 Å². The standard InChI is InChI=1S/C19H24N4O3S/c24-16-12-15(19-20-7-11-27-19)21-18(22-16)13-5-8-23(9-6-13)17(25)4-3-14-2-1-10-26-14/h7,11-14H,1-6,8-10H2,(H,21,22,24)/t14-/m1/s1. The van der Waals surface area contributed by atoms with Crippen LogP contribution < -0.4 is 5.56 Å². The third-order valence-corrected chi connectivity index (χ3v) is 6.15. The van der Waals surface area contributed by atoms with Gasteiger partial charge in [-0.15, -0.1) is 11.3 Å². The number of ether oxygens (including phenoxy) is 1. The maximum Gasteiger partial charge on any atom is 0.251 e. The largest absolute Gasteiger partial charge is 0.378 e. The van der Waals surface area contributed by atoms with Gasteiger partial charge in [-0.05, 0) is 32.1 Å². The summed E-state index contributed by atoms with van der Waals surface area (Å²) >= 11 is 1.47. The topological polar surface area (TPSA) is 88.2 Å². The fourth-order valence-electron chi connectivity index (χ4n) is 3.85. The summed E-state index contributed by atoms with van der Waals surface area (Å²) < 4.78 is 5.60. The molecule has 2 fully saturated rings. The molecule has 0 aromatic carbocycles. The van der Waals surface area contributed by atoms with Crippen molar-refractivity contribution in [1.29, 1.82) is 0 Å². The minimum Gasteiger partial charge on any atom is -0.378 e. The molecule has 0 unspecified atom stereocenters. The molecule has 7 nitrogen and oxygen atoms in total. The second kappa shape index (κ2) is 8.31. The smallest absolute Gasteiger partial charge is 0.251 e. The van der Waals surface area contributed by atoms with Crippen LogP contribution in [0.3, 0.4) is 0 Å². The second-order valence-corrected chi connectivity index (χ2v) is 8.08. The van der Waals surface area contributed by atoms with E-state index < -0.39 is 0 Å². The quantitative estimate of drug-likeness (QED) is 0.850. The van der Waals surface area contributed by atoms with Crippen LogP contribution in [-0.2, 0) is 9.53 Å². The molecule has 2 aromatic rings. The van der Waals surface area contributed by atoms with E-state index in [0.717, 1.165) is 43.7 Å². The van der Waals surface area contributed by atoms with E-state index in [0.29, 0.717) is 31.0 Å². The molecule has 1 N–H and O–H groups in total. The van der Waals surface area contributed by atoms with Crippen LogP contribution in [0.5, 0.6) is 0 Å². The zero-order chi connectivity index (χ0) is 18.6. The number of hydrogen-bond donors (Lipinski definition) is 1. The molecule has 4 heterocycles. The van der Waals surface area contributed by atoms with Crippen LogP contribution in [0.25, 0.3) is 10.7 Å². The Morgan fingerprint density at radius 2 is 2.19 bits per heavy atom. The number of carbonyl (C=O) groups excluding carboxylic acids is 1. The highest BCUT2D eigenvalue weighted by atomic mass is 32.1. The third kappa shape index (κ3) is 4.44. The van der Waals surface area contributed by atoms with Crippen molar-refractivity contribution in [3.8, 4) is 10.7 Å². The second-order valence-electron chi connectivity index (χ2n) is 7.18. The molecule has 0 bridgehead atoms. The number of aromatic amines is 1. The van der Waals surface area contributed by atoms with Gasteiger partial charge in [-0.1, -0.05) is 0 Å². The van der Waals surface area contributed by atoms with Crippen molar-refractivity contribution in [3.63, 3.8) is 0 Å². The van der Waals surface area contributed by atoms with Gasteiger partial charge in [0.05, 0.1) is 6.10 Å². The lowest BCUT2D eigenvalue weighted by Gasteiger charge is -2.31. The summed E-state index contributed by atoms with van der Waals surface area (Å²) in [5, 5.41) is 2.63. The lowest BCUT2D eigenvalue weighted by Crippen LogP contribution is -2.38. The Morgan fingerprint density at radius 1 is 1.33 bits per heavy atom. The van der Waals surface area contributed by atoms with Gasteiger partial charge in [0.25, 0.3) is 5.56 Å². The maximum absolute atomic E-state index is 12.5. The van der Waals surface area contributed by atoms with Gasteiger partial charge in [-0.25, -0.2) is 9.97 Å². The van der Waals surface area contributed by atoms with Crippen LogP contribution in [-0.4, -0.2) is 51.6 Å². The van der Waals surface area contributed by atoms with E-state index in [2.05, 4.69) is 15.0 Å². The Labute approximate surface area is 161 Å². The van der Waals surface area contributed by atoms with Crippen molar-refractivity contribution in [3.05, 3.63) is 33.8 Å². The van der Waals surface area contributed by atoms with Crippen LogP contribution in [0, 0.1) is 0 Å². The minimum absolute atomic E-state index is 0.153. The van der Waals surface area contributed by atoms with E-state index in [1.807, 2.05) is 10.3 Å². The number of carbonyl (C=O) groups is 1. The third-order valence-electron chi connectivity index (χ3n) is 5.35. The van der Waals surface area contributed by atoms with E-state index in [4.69, 9.17) is 4.74 Å². The average molecular weight is 388 g/mol. The molecule has 2 aromatic heterocycles. The first-order valence-electron chi connectivity index (χ1n) is 9.59. The Balaban J connectivity index is 1.35. The van der Waals surface area contributed by atoms with Crippen molar-refractivity contribution in [1.82, 2.24) is 19.9 Å². The molecule has 1 amide bonds. The normalized spacial score (nSPS) is 20.9. The highest BCUT2D eigenvalue weighted by Gasteiger charge is 2.26. The van der Waals surface area contributed by atoms with Crippen molar-refractivity contribution >= 4 is 17.2 Å². The van der Waals surface area contributed by atoms with Gasteiger partial charge in [-0.3, -0.25) is 9.59 Å². The lowest BCUT2D eigenvalue weighted by atomic mass is 9.95. The highest BCUT2D eigenvalue weighted by molar-refractivity contribution is 7.13.